The molecule has 0 unspecified atom stereocenters. The number of carbonyl (C=O) groups is 2. The highest BCUT2D eigenvalue weighted by molar-refractivity contribution is 5.94. The van der Waals surface area contributed by atoms with Crippen LogP contribution in [0, 0.1) is 20.8 Å². The number of carbonyl (C=O) groups excluding carboxylic acids is 1. The molecule has 0 atom stereocenters. The first-order valence-corrected chi connectivity index (χ1v) is 8.33. The SMILES string of the molecule is Cc1cc(C)c(Nc2ccccc2)c(C)c1NC(=O)CCCC(=O)O. The predicted molar refractivity (Wildman–Crippen MR) is 100 cm³/mol. The summed E-state index contributed by atoms with van der Waals surface area (Å²) < 4.78 is 0. The number of para-hydroxylation sites is 1. The molecular weight excluding hydrogens is 316 g/mol. The Morgan fingerprint density at radius 2 is 1.60 bits per heavy atom. The van der Waals surface area contributed by atoms with Crippen molar-refractivity contribution >= 4 is 28.9 Å². The monoisotopic (exact) mass is 340 g/mol. The van der Waals surface area contributed by atoms with Crippen molar-refractivity contribution in [2.75, 3.05) is 10.6 Å². The number of carboxylic acid groups (broad SMARTS) is 1. The van der Waals surface area contributed by atoms with Crippen LogP contribution in [0.1, 0.15) is 36.0 Å². The molecule has 2 aromatic rings. The molecule has 0 aliphatic rings. The molecule has 2 aromatic carbocycles. The molecule has 0 bridgehead atoms. The molecule has 132 valence electrons. The van der Waals surface area contributed by atoms with Crippen molar-refractivity contribution in [1.29, 1.82) is 0 Å². The van der Waals surface area contributed by atoms with Crippen LogP contribution in [0.25, 0.3) is 0 Å². The Bertz CT molecular complexity index is 770. The van der Waals surface area contributed by atoms with Gasteiger partial charge >= 0.3 is 5.97 Å². The Balaban J connectivity index is 2.19. The predicted octanol–water partition coefficient (Wildman–Crippen LogP) is 4.55. The van der Waals surface area contributed by atoms with Crippen LogP contribution in [-0.2, 0) is 9.59 Å². The van der Waals surface area contributed by atoms with Crippen molar-refractivity contribution < 1.29 is 14.7 Å². The van der Waals surface area contributed by atoms with Crippen LogP contribution in [0.4, 0.5) is 17.1 Å². The molecule has 5 heteroatoms. The number of benzene rings is 2. The van der Waals surface area contributed by atoms with Crippen molar-refractivity contribution in [3.05, 3.63) is 53.1 Å². The maximum absolute atomic E-state index is 12.1. The van der Waals surface area contributed by atoms with Gasteiger partial charge in [0.25, 0.3) is 0 Å². The quantitative estimate of drug-likeness (QED) is 0.691. The number of aliphatic carboxylic acids is 1. The van der Waals surface area contributed by atoms with Crippen LogP contribution in [0.15, 0.2) is 36.4 Å². The second-order valence-electron chi connectivity index (χ2n) is 6.17. The first-order valence-electron chi connectivity index (χ1n) is 8.33. The number of carboxylic acids is 1. The normalized spacial score (nSPS) is 10.4. The van der Waals surface area contributed by atoms with Crippen LogP contribution in [0.2, 0.25) is 0 Å². The number of anilines is 3. The zero-order chi connectivity index (χ0) is 18.4. The van der Waals surface area contributed by atoms with E-state index < -0.39 is 5.97 Å². The zero-order valence-electron chi connectivity index (χ0n) is 14.8. The van der Waals surface area contributed by atoms with E-state index in [0.717, 1.165) is 33.8 Å². The summed E-state index contributed by atoms with van der Waals surface area (Å²) in [5, 5.41) is 15.0. The second-order valence-corrected chi connectivity index (χ2v) is 6.17. The van der Waals surface area contributed by atoms with Crippen LogP contribution in [0.3, 0.4) is 0 Å². The van der Waals surface area contributed by atoms with Gasteiger partial charge in [-0.1, -0.05) is 24.3 Å². The van der Waals surface area contributed by atoms with Gasteiger partial charge in [0.2, 0.25) is 5.91 Å². The highest BCUT2D eigenvalue weighted by Gasteiger charge is 2.14. The summed E-state index contributed by atoms with van der Waals surface area (Å²) in [5.41, 5.74) is 5.79. The summed E-state index contributed by atoms with van der Waals surface area (Å²) in [7, 11) is 0. The van der Waals surface area contributed by atoms with E-state index in [0.29, 0.717) is 6.42 Å². The number of amides is 1. The van der Waals surface area contributed by atoms with Gasteiger partial charge in [-0.3, -0.25) is 9.59 Å². The van der Waals surface area contributed by atoms with Crippen molar-refractivity contribution in [1.82, 2.24) is 0 Å². The maximum Gasteiger partial charge on any atom is 0.303 e. The summed E-state index contributed by atoms with van der Waals surface area (Å²) in [5.74, 6) is -1.05. The van der Waals surface area contributed by atoms with E-state index in [1.54, 1.807) is 0 Å². The van der Waals surface area contributed by atoms with Gasteiger partial charge in [-0.2, -0.15) is 0 Å². The van der Waals surface area contributed by atoms with Crippen molar-refractivity contribution in [3.63, 3.8) is 0 Å². The zero-order valence-corrected chi connectivity index (χ0v) is 14.8. The maximum atomic E-state index is 12.1. The van der Waals surface area contributed by atoms with Crippen molar-refractivity contribution in [2.45, 2.75) is 40.0 Å². The van der Waals surface area contributed by atoms with Gasteiger partial charge in [0, 0.05) is 29.9 Å². The minimum absolute atomic E-state index is 0.0000941. The van der Waals surface area contributed by atoms with Crippen LogP contribution in [0.5, 0.6) is 0 Å². The Labute approximate surface area is 148 Å². The molecule has 3 N–H and O–H groups in total. The van der Waals surface area contributed by atoms with Crippen molar-refractivity contribution in [3.8, 4) is 0 Å². The smallest absolute Gasteiger partial charge is 0.303 e. The molecule has 0 radical (unpaired) electrons. The molecule has 0 saturated heterocycles. The number of rotatable bonds is 7. The Hall–Kier alpha value is -2.82. The van der Waals surface area contributed by atoms with Gasteiger partial charge in [0.1, 0.15) is 0 Å². The largest absolute Gasteiger partial charge is 0.481 e. The van der Waals surface area contributed by atoms with Crippen LogP contribution in [-0.4, -0.2) is 17.0 Å². The molecule has 2 rings (SSSR count). The second kappa shape index (κ2) is 8.33. The summed E-state index contributed by atoms with van der Waals surface area (Å²) in [6.45, 7) is 5.96. The lowest BCUT2D eigenvalue weighted by atomic mass is 10.0. The summed E-state index contributed by atoms with van der Waals surface area (Å²) in [4.78, 5) is 22.7. The van der Waals surface area contributed by atoms with E-state index in [4.69, 9.17) is 5.11 Å². The molecule has 0 aliphatic carbocycles. The molecule has 0 spiro atoms. The van der Waals surface area contributed by atoms with Gasteiger partial charge < -0.3 is 15.7 Å². The summed E-state index contributed by atoms with van der Waals surface area (Å²) in [6.07, 6.45) is 0.529. The van der Waals surface area contributed by atoms with E-state index in [2.05, 4.69) is 10.6 Å². The van der Waals surface area contributed by atoms with Gasteiger partial charge in [0.15, 0.2) is 0 Å². The molecule has 0 aliphatic heterocycles. The first kappa shape index (κ1) is 18.5. The van der Waals surface area contributed by atoms with Gasteiger partial charge in [-0.25, -0.2) is 0 Å². The summed E-state index contributed by atoms with van der Waals surface area (Å²) >= 11 is 0. The molecule has 5 nitrogen and oxygen atoms in total. The fourth-order valence-electron chi connectivity index (χ4n) is 2.84. The molecule has 0 saturated carbocycles. The van der Waals surface area contributed by atoms with Crippen molar-refractivity contribution in [2.24, 2.45) is 0 Å². The number of aryl methyl sites for hydroxylation is 2. The van der Waals surface area contributed by atoms with E-state index in [1.165, 1.54) is 0 Å². The van der Waals surface area contributed by atoms with E-state index in [9.17, 15) is 9.59 Å². The lowest BCUT2D eigenvalue weighted by Crippen LogP contribution is -2.14. The average molecular weight is 340 g/mol. The highest BCUT2D eigenvalue weighted by Crippen LogP contribution is 2.33. The van der Waals surface area contributed by atoms with Gasteiger partial charge in [0.05, 0.1) is 0 Å². The molecule has 0 fully saturated rings. The third-order valence-electron chi connectivity index (χ3n) is 4.07. The third kappa shape index (κ3) is 5.08. The molecule has 0 heterocycles. The van der Waals surface area contributed by atoms with E-state index >= 15 is 0 Å². The first-order chi connectivity index (χ1) is 11.9. The fourth-order valence-corrected chi connectivity index (χ4v) is 2.84. The standard InChI is InChI=1S/C20H24N2O3/c1-13-12-14(2)20(22-17(23)10-7-11-18(24)25)15(3)19(13)21-16-8-5-4-6-9-16/h4-6,8-9,12,21H,7,10-11H2,1-3H3,(H,22,23)(H,24,25). The molecule has 0 aromatic heterocycles. The van der Waals surface area contributed by atoms with Gasteiger partial charge in [-0.05, 0) is 56.0 Å². The van der Waals surface area contributed by atoms with Crippen LogP contribution >= 0.6 is 0 Å². The van der Waals surface area contributed by atoms with Gasteiger partial charge in [-0.15, -0.1) is 0 Å². The lowest BCUT2D eigenvalue weighted by molar-refractivity contribution is -0.137. The molecular formula is C20H24N2O3. The Morgan fingerprint density at radius 3 is 2.24 bits per heavy atom. The van der Waals surface area contributed by atoms with E-state index in [1.807, 2.05) is 57.2 Å². The summed E-state index contributed by atoms with van der Waals surface area (Å²) in [6, 6.07) is 11.9. The number of hydrogen-bond donors (Lipinski definition) is 3. The number of nitrogens with one attached hydrogen (secondary N) is 2. The Kier molecular flexibility index (Phi) is 6.17. The molecule has 1 amide bonds. The topological polar surface area (TPSA) is 78.4 Å². The third-order valence-corrected chi connectivity index (χ3v) is 4.07. The van der Waals surface area contributed by atoms with E-state index in [-0.39, 0.29) is 18.7 Å². The minimum Gasteiger partial charge on any atom is -0.481 e. The molecule has 25 heavy (non-hydrogen) atoms. The number of hydrogen-bond acceptors (Lipinski definition) is 3. The highest BCUT2D eigenvalue weighted by atomic mass is 16.4. The van der Waals surface area contributed by atoms with Crippen LogP contribution < -0.4 is 10.6 Å². The lowest BCUT2D eigenvalue weighted by Gasteiger charge is -2.19. The minimum atomic E-state index is -0.884. The average Bonchev–Trinajstić information content (AvgIpc) is 2.56. The Morgan fingerprint density at radius 1 is 0.960 bits per heavy atom. The fraction of sp³-hybridized carbons (Fsp3) is 0.300.